The number of rotatable bonds is 4. The van der Waals surface area contributed by atoms with Crippen molar-refractivity contribution in [2.45, 2.75) is 12.6 Å². The number of carbonyl (C=O) groups excluding carboxylic acids is 2. The highest BCUT2D eigenvalue weighted by molar-refractivity contribution is 6.30. The maximum absolute atomic E-state index is 12.9. The first-order chi connectivity index (χ1) is 14.5. The third-order valence-corrected chi connectivity index (χ3v) is 5.23. The van der Waals surface area contributed by atoms with Crippen molar-refractivity contribution in [1.82, 2.24) is 15.2 Å². The van der Waals surface area contributed by atoms with Gasteiger partial charge in [-0.2, -0.15) is 5.43 Å². The van der Waals surface area contributed by atoms with Gasteiger partial charge in [-0.3, -0.25) is 14.6 Å². The number of carbonyl (C=O) groups is 2. The first kappa shape index (κ1) is 19.8. The molecule has 1 atom stereocenters. The molecule has 2 heterocycles. The number of halogens is 1. The largest absolute Gasteiger partial charge is 0.414 e. The Morgan fingerprint density at radius 3 is 2.50 bits per heavy atom. The van der Waals surface area contributed by atoms with Crippen LogP contribution in [0.4, 0.5) is 4.79 Å². The van der Waals surface area contributed by atoms with Crippen LogP contribution in [0.3, 0.4) is 0 Å². The highest BCUT2D eigenvalue weighted by Crippen LogP contribution is 2.20. The fraction of sp³-hybridized carbons (Fsp3) is 0.190. The number of nitrogens with one attached hydrogen (secondary N) is 1. The van der Waals surface area contributed by atoms with Crippen LogP contribution in [0, 0.1) is 0 Å². The summed E-state index contributed by atoms with van der Waals surface area (Å²) in [5, 5.41) is 4.90. The van der Waals surface area contributed by atoms with Crippen molar-refractivity contribution in [1.29, 1.82) is 0 Å². The third-order valence-electron chi connectivity index (χ3n) is 4.97. The van der Waals surface area contributed by atoms with Crippen LogP contribution < -0.4 is 5.43 Å². The summed E-state index contributed by atoms with van der Waals surface area (Å²) in [5.41, 5.74) is 4.78. The molecule has 2 aliphatic heterocycles. The normalized spacial score (nSPS) is 18.9. The van der Waals surface area contributed by atoms with Crippen LogP contribution in [0.5, 0.6) is 0 Å². The second-order valence-corrected chi connectivity index (χ2v) is 7.41. The van der Waals surface area contributed by atoms with E-state index in [4.69, 9.17) is 11.6 Å². The maximum Gasteiger partial charge on any atom is 0.414 e. The van der Waals surface area contributed by atoms with Gasteiger partial charge in [-0.05, 0) is 23.3 Å². The molecule has 1 saturated heterocycles. The Labute approximate surface area is 178 Å². The number of amidine groups is 1. The van der Waals surface area contributed by atoms with E-state index in [2.05, 4.69) is 15.5 Å². The Bertz CT molecular complexity index is 1080. The van der Waals surface area contributed by atoms with Gasteiger partial charge in [0.05, 0.1) is 12.8 Å². The lowest BCUT2D eigenvalue weighted by Gasteiger charge is -2.31. The monoisotopic (exact) mass is 423 g/mol. The molecule has 2 aromatic carbocycles. The van der Waals surface area contributed by atoms with Crippen LogP contribution in [0.2, 0.25) is 5.02 Å². The predicted molar refractivity (Wildman–Crippen MR) is 115 cm³/mol. The molecule has 0 radical (unpaired) electrons. The summed E-state index contributed by atoms with van der Waals surface area (Å²) in [7, 11) is 3.08. The molecule has 9 heteroatoms. The number of aliphatic imine (C=N–C) groups is 1. The van der Waals surface area contributed by atoms with Gasteiger partial charge in [0.1, 0.15) is 0 Å². The lowest BCUT2D eigenvalue weighted by molar-refractivity contribution is -0.553. The predicted octanol–water partition coefficient (Wildman–Crippen LogP) is 2.14. The Kier molecular flexibility index (Phi) is 5.33. The number of nitrogens with zero attached hydrogens (tertiary/aromatic N) is 5. The number of fused-ring (bicyclic) bond motifs is 1. The molecule has 2 aliphatic rings. The molecule has 1 N–H and O–H groups in total. The van der Waals surface area contributed by atoms with Gasteiger partial charge in [0.15, 0.2) is 0 Å². The standard InChI is InChI=1S/C21H19ClN6O2/c1-26-18-17(19(29)27(2)21(26)30)28(13-15-6-4-3-5-7-15)20(24-18)25-23-12-14-8-10-16(22)11-9-14/h3-12,17H,13H2,1-2H3/p+1/b23-12+. The van der Waals surface area contributed by atoms with Crippen molar-refractivity contribution >= 4 is 41.5 Å². The summed E-state index contributed by atoms with van der Waals surface area (Å²) in [6.07, 6.45) is 1.63. The Morgan fingerprint density at radius 2 is 1.80 bits per heavy atom. The van der Waals surface area contributed by atoms with Gasteiger partial charge in [-0.1, -0.05) is 59.1 Å². The number of guanidine groups is 1. The molecule has 3 amide bonds. The molecular formula is C21H20ClN6O2+. The summed E-state index contributed by atoms with van der Waals surface area (Å²) < 4.78 is 1.81. The van der Waals surface area contributed by atoms with Gasteiger partial charge in [-0.15, -0.1) is 5.10 Å². The van der Waals surface area contributed by atoms with Crippen molar-refractivity contribution < 1.29 is 14.2 Å². The number of imide groups is 1. The maximum atomic E-state index is 12.9. The molecule has 4 rings (SSSR count). The zero-order chi connectivity index (χ0) is 21.3. The fourth-order valence-electron chi connectivity index (χ4n) is 3.35. The molecule has 0 aliphatic carbocycles. The molecule has 0 saturated carbocycles. The Morgan fingerprint density at radius 1 is 1.10 bits per heavy atom. The molecule has 1 unspecified atom stereocenters. The summed E-state index contributed by atoms with van der Waals surface area (Å²) in [4.78, 5) is 32.3. The Balaban J connectivity index is 1.67. The zero-order valence-corrected chi connectivity index (χ0v) is 17.2. The minimum Gasteiger partial charge on any atom is -0.270 e. The molecule has 152 valence electrons. The molecule has 30 heavy (non-hydrogen) atoms. The van der Waals surface area contributed by atoms with Crippen molar-refractivity contribution in [3.63, 3.8) is 0 Å². The number of urea groups is 1. The lowest BCUT2D eigenvalue weighted by Crippen LogP contribution is -2.61. The van der Waals surface area contributed by atoms with E-state index in [0.717, 1.165) is 16.0 Å². The average molecular weight is 424 g/mol. The van der Waals surface area contributed by atoms with E-state index in [1.165, 1.54) is 11.9 Å². The second-order valence-electron chi connectivity index (χ2n) is 6.97. The van der Waals surface area contributed by atoms with Gasteiger partial charge in [0.2, 0.25) is 11.9 Å². The van der Waals surface area contributed by atoms with Crippen LogP contribution >= 0.6 is 11.6 Å². The molecule has 8 nitrogen and oxygen atoms in total. The number of amides is 3. The van der Waals surface area contributed by atoms with Gasteiger partial charge in [0.25, 0.3) is 5.91 Å². The van der Waals surface area contributed by atoms with E-state index in [1.54, 1.807) is 25.4 Å². The smallest absolute Gasteiger partial charge is 0.270 e. The average Bonchev–Trinajstić information content (AvgIpc) is 3.11. The number of hydrogen-bond donors (Lipinski definition) is 1. The van der Waals surface area contributed by atoms with E-state index >= 15 is 0 Å². The first-order valence-corrected chi connectivity index (χ1v) is 9.69. The minimum absolute atomic E-state index is 0.328. The van der Waals surface area contributed by atoms with Crippen LogP contribution in [-0.4, -0.2) is 64.5 Å². The van der Waals surface area contributed by atoms with Crippen LogP contribution in [-0.2, 0) is 11.3 Å². The quantitative estimate of drug-likeness (QED) is 0.465. The highest BCUT2D eigenvalue weighted by atomic mass is 35.5. The number of benzene rings is 2. The zero-order valence-electron chi connectivity index (χ0n) is 16.5. The Hall–Kier alpha value is -3.52. The van der Waals surface area contributed by atoms with Crippen molar-refractivity contribution in [3.8, 4) is 0 Å². The number of hydrogen-bond acceptors (Lipinski definition) is 5. The van der Waals surface area contributed by atoms with E-state index in [9.17, 15) is 9.59 Å². The highest BCUT2D eigenvalue weighted by Gasteiger charge is 2.51. The third kappa shape index (κ3) is 3.69. The van der Waals surface area contributed by atoms with E-state index in [0.29, 0.717) is 23.4 Å². The van der Waals surface area contributed by atoms with Gasteiger partial charge >= 0.3 is 12.0 Å². The molecule has 0 bridgehead atoms. The molecule has 0 spiro atoms. The van der Waals surface area contributed by atoms with E-state index < -0.39 is 12.1 Å². The van der Waals surface area contributed by atoms with Gasteiger partial charge < -0.3 is 0 Å². The number of hydrazone groups is 1. The SMILES string of the molecule is CN1C(=O)C2C(=NC(N/N=C/c3ccc(Cl)cc3)=[N+]2Cc2ccccc2)N(C)C1=O. The van der Waals surface area contributed by atoms with Crippen LogP contribution in [0.15, 0.2) is 64.7 Å². The molecule has 1 fully saturated rings. The van der Waals surface area contributed by atoms with Crippen molar-refractivity contribution in [2.75, 3.05) is 14.1 Å². The molecular weight excluding hydrogens is 404 g/mol. The van der Waals surface area contributed by atoms with Crippen molar-refractivity contribution in [2.24, 2.45) is 10.1 Å². The first-order valence-electron chi connectivity index (χ1n) is 9.31. The van der Waals surface area contributed by atoms with Crippen molar-refractivity contribution in [3.05, 3.63) is 70.7 Å². The topological polar surface area (TPSA) is 80.4 Å². The molecule has 0 aromatic heterocycles. The van der Waals surface area contributed by atoms with Crippen LogP contribution in [0.1, 0.15) is 11.1 Å². The fourth-order valence-corrected chi connectivity index (χ4v) is 3.47. The number of likely N-dealkylation sites (N-methyl/N-ethyl adjacent to an activating group) is 2. The summed E-state index contributed by atoms with van der Waals surface area (Å²) in [6.45, 7) is 0.429. The second kappa shape index (κ2) is 8.08. The lowest BCUT2D eigenvalue weighted by atomic mass is 10.1. The molecule has 2 aromatic rings. The van der Waals surface area contributed by atoms with Gasteiger partial charge in [0, 0.05) is 19.1 Å². The van der Waals surface area contributed by atoms with E-state index in [1.807, 2.05) is 47.0 Å². The summed E-state index contributed by atoms with van der Waals surface area (Å²) in [5.74, 6) is 0.446. The summed E-state index contributed by atoms with van der Waals surface area (Å²) in [6, 6.07) is 15.8. The van der Waals surface area contributed by atoms with Crippen LogP contribution in [0.25, 0.3) is 0 Å². The van der Waals surface area contributed by atoms with Gasteiger partial charge in [-0.25, -0.2) is 9.37 Å². The van der Waals surface area contributed by atoms with E-state index in [-0.39, 0.29) is 5.91 Å². The summed E-state index contributed by atoms with van der Waals surface area (Å²) >= 11 is 5.91. The minimum atomic E-state index is -0.703.